The van der Waals surface area contributed by atoms with Crippen molar-refractivity contribution < 1.29 is 68.6 Å². The lowest BCUT2D eigenvalue weighted by molar-refractivity contribution is -0.272. The number of carbonyl (C=O) groups is 2. The van der Waals surface area contributed by atoms with Crippen LogP contribution >= 0.6 is 0 Å². The van der Waals surface area contributed by atoms with Gasteiger partial charge in [-0.1, -0.05) is 10.4 Å². The number of aliphatic hydroxyl groups is 6. The van der Waals surface area contributed by atoms with Crippen LogP contribution in [0.25, 0.3) is 0 Å². The number of rotatable bonds is 22. The zero-order valence-electron chi connectivity index (χ0n) is 30.5. The third-order valence-corrected chi connectivity index (χ3v) is 8.49. The number of aliphatic hydroxyl groups excluding tert-OH is 6. The fourth-order valence-electron chi connectivity index (χ4n) is 5.84. The Balaban J connectivity index is 1.08. The van der Waals surface area contributed by atoms with Gasteiger partial charge in [-0.15, -0.1) is 10.2 Å². The van der Waals surface area contributed by atoms with E-state index in [4.69, 9.17) is 28.4 Å². The van der Waals surface area contributed by atoms with Crippen molar-refractivity contribution in [1.29, 1.82) is 0 Å². The summed E-state index contributed by atoms with van der Waals surface area (Å²) in [6, 6.07) is -2.04. The first-order chi connectivity index (χ1) is 25.9. The Morgan fingerprint density at radius 2 is 1.11 bits per heavy atom. The molecule has 306 valence electrons. The van der Waals surface area contributed by atoms with Gasteiger partial charge in [-0.2, -0.15) is 0 Å². The summed E-state index contributed by atoms with van der Waals surface area (Å²) < 4.78 is 36.8. The van der Waals surface area contributed by atoms with Crippen LogP contribution in [-0.4, -0.2) is 199 Å². The van der Waals surface area contributed by atoms with Crippen LogP contribution in [0, 0.1) is 0 Å². The molecule has 10 atom stereocenters. The van der Waals surface area contributed by atoms with Crippen LogP contribution in [0.3, 0.4) is 0 Å². The fourth-order valence-corrected chi connectivity index (χ4v) is 5.84. The van der Waals surface area contributed by atoms with Crippen molar-refractivity contribution in [1.82, 2.24) is 45.5 Å². The second-order valence-corrected chi connectivity index (χ2v) is 13.0. The highest BCUT2D eigenvalue weighted by Gasteiger charge is 2.46. The lowest BCUT2D eigenvalue weighted by atomic mass is 9.97. The average Bonchev–Trinajstić information content (AvgIpc) is 3.78. The Morgan fingerprint density at radius 3 is 1.48 bits per heavy atom. The first-order valence-electron chi connectivity index (χ1n) is 17.5. The molecule has 2 aromatic heterocycles. The standard InChI is InChI=1S/C31H53N9O14/c1-18(43)32-24-28(47)26(45)22(16-41)53-30(24)51-10-8-49-6-4-39-14-20(34-36-39)12-38(3)13-21-15-40(37-35-21)5-7-50-9-11-52-31-25(33-19(2)44)29(48)27(46)23(17-42)54-31/h14-15,22-31,41-42,45-48H,4-13,16-17H2,1-3H3,(H,32,43)(H,33,44). The zero-order chi connectivity index (χ0) is 39.2. The predicted octanol–water partition coefficient (Wildman–Crippen LogP) is -5.54. The maximum atomic E-state index is 11.6. The van der Waals surface area contributed by atoms with Gasteiger partial charge >= 0.3 is 0 Å². The van der Waals surface area contributed by atoms with Crippen molar-refractivity contribution in [3.63, 3.8) is 0 Å². The highest BCUT2D eigenvalue weighted by Crippen LogP contribution is 2.23. The van der Waals surface area contributed by atoms with Crippen LogP contribution in [0.1, 0.15) is 25.2 Å². The second kappa shape index (κ2) is 21.7. The van der Waals surface area contributed by atoms with Crippen LogP contribution in [0.2, 0.25) is 0 Å². The third-order valence-electron chi connectivity index (χ3n) is 8.49. The largest absolute Gasteiger partial charge is 0.394 e. The maximum absolute atomic E-state index is 11.6. The Bertz CT molecular complexity index is 1320. The highest BCUT2D eigenvalue weighted by atomic mass is 16.7. The van der Waals surface area contributed by atoms with E-state index in [0.29, 0.717) is 39.4 Å². The van der Waals surface area contributed by atoms with Crippen LogP contribution < -0.4 is 10.6 Å². The molecule has 2 aromatic rings. The molecule has 2 aliphatic heterocycles. The molecule has 2 amide bonds. The lowest BCUT2D eigenvalue weighted by Gasteiger charge is -2.42. The van der Waals surface area contributed by atoms with E-state index in [9.17, 15) is 40.2 Å². The number of nitrogens with zero attached hydrogens (tertiary/aromatic N) is 7. The van der Waals surface area contributed by atoms with Crippen LogP contribution in [0.5, 0.6) is 0 Å². The molecule has 0 radical (unpaired) electrons. The van der Waals surface area contributed by atoms with Crippen molar-refractivity contribution in [3.05, 3.63) is 23.8 Å². The van der Waals surface area contributed by atoms with Gasteiger partial charge in [0.15, 0.2) is 12.6 Å². The predicted molar refractivity (Wildman–Crippen MR) is 179 cm³/mol. The SMILES string of the molecule is CC(=O)NC1C(OCCOCCn2cc(CN(C)Cc3cn(CCOCCOC4OC(CO)C(O)C(O)C4NC(C)=O)nn3)nn2)OC(CO)C(O)C1O. The number of amides is 2. The minimum absolute atomic E-state index is 0.0624. The summed E-state index contributed by atoms with van der Waals surface area (Å²) in [5.41, 5.74) is 1.47. The minimum atomic E-state index is -1.39. The van der Waals surface area contributed by atoms with E-state index in [1.165, 1.54) is 13.8 Å². The van der Waals surface area contributed by atoms with Crippen LogP contribution in [0.15, 0.2) is 12.4 Å². The Kier molecular flexibility index (Phi) is 17.5. The number of nitrogens with one attached hydrogen (secondary N) is 2. The number of hydrogen-bond donors (Lipinski definition) is 8. The molecule has 0 bridgehead atoms. The van der Waals surface area contributed by atoms with E-state index in [1.54, 1.807) is 21.8 Å². The highest BCUT2D eigenvalue weighted by molar-refractivity contribution is 5.73. The van der Waals surface area contributed by atoms with Gasteiger partial charge in [-0.05, 0) is 7.05 Å². The van der Waals surface area contributed by atoms with Crippen LogP contribution in [-0.2, 0) is 64.2 Å². The molecule has 0 aliphatic carbocycles. The van der Waals surface area contributed by atoms with E-state index in [1.807, 2.05) is 11.9 Å². The summed E-state index contributed by atoms with van der Waals surface area (Å²) in [4.78, 5) is 25.1. The van der Waals surface area contributed by atoms with Crippen molar-refractivity contribution in [2.45, 2.75) is 101 Å². The molecule has 2 fully saturated rings. The summed E-state index contributed by atoms with van der Waals surface area (Å²) >= 11 is 0. The molecule has 54 heavy (non-hydrogen) atoms. The molecule has 4 heterocycles. The molecule has 4 rings (SSSR count). The Hall–Kier alpha value is -3.30. The van der Waals surface area contributed by atoms with Gasteiger partial charge in [0.1, 0.15) is 48.7 Å². The van der Waals surface area contributed by atoms with Crippen LogP contribution in [0.4, 0.5) is 0 Å². The van der Waals surface area contributed by atoms with E-state index in [-0.39, 0.29) is 26.4 Å². The van der Waals surface area contributed by atoms with Gasteiger partial charge in [0, 0.05) is 39.3 Å². The average molecular weight is 776 g/mol. The molecule has 23 heteroatoms. The molecule has 23 nitrogen and oxygen atoms in total. The topological polar surface area (TPSA) is 300 Å². The second-order valence-electron chi connectivity index (χ2n) is 13.0. The smallest absolute Gasteiger partial charge is 0.217 e. The van der Waals surface area contributed by atoms with E-state index in [0.717, 1.165) is 11.4 Å². The number of aromatic nitrogens is 6. The van der Waals surface area contributed by atoms with Crippen molar-refractivity contribution in [3.8, 4) is 0 Å². The maximum Gasteiger partial charge on any atom is 0.217 e. The molecule has 2 aliphatic rings. The molecular weight excluding hydrogens is 722 g/mol. The lowest BCUT2D eigenvalue weighted by Crippen LogP contribution is -2.64. The van der Waals surface area contributed by atoms with E-state index in [2.05, 4.69) is 31.3 Å². The molecule has 2 saturated heterocycles. The molecule has 0 spiro atoms. The van der Waals surface area contributed by atoms with Crippen molar-refractivity contribution in [2.24, 2.45) is 0 Å². The fraction of sp³-hybridized carbons (Fsp3) is 0.806. The summed E-state index contributed by atoms with van der Waals surface area (Å²) in [6.07, 6.45) is -6.26. The number of carbonyl (C=O) groups excluding carboxylic acids is 2. The van der Waals surface area contributed by atoms with E-state index >= 15 is 0 Å². The first kappa shape index (κ1) is 43.4. The van der Waals surface area contributed by atoms with Gasteiger partial charge in [0.2, 0.25) is 11.8 Å². The molecule has 0 aromatic carbocycles. The van der Waals surface area contributed by atoms with E-state index < -0.39 is 86.3 Å². The number of hydrogen-bond acceptors (Lipinski definition) is 19. The quantitative estimate of drug-likeness (QED) is 0.0517. The van der Waals surface area contributed by atoms with Gasteiger partial charge in [-0.3, -0.25) is 14.5 Å². The summed E-state index contributed by atoms with van der Waals surface area (Å²) in [6.45, 7) is 4.38. The van der Waals surface area contributed by atoms with Gasteiger partial charge in [-0.25, -0.2) is 9.36 Å². The normalized spacial score (nSPS) is 28.7. The minimum Gasteiger partial charge on any atom is -0.394 e. The first-order valence-corrected chi connectivity index (χ1v) is 17.5. The molecule has 8 N–H and O–H groups in total. The Morgan fingerprint density at radius 1 is 0.704 bits per heavy atom. The van der Waals surface area contributed by atoms with Crippen molar-refractivity contribution >= 4 is 11.8 Å². The Labute approximate surface area is 311 Å². The summed E-state index contributed by atoms with van der Waals surface area (Å²) in [7, 11) is 1.91. The number of ether oxygens (including phenoxy) is 6. The van der Waals surface area contributed by atoms with Gasteiger partial charge in [0.05, 0.1) is 77.3 Å². The zero-order valence-corrected chi connectivity index (χ0v) is 30.5. The summed E-state index contributed by atoms with van der Waals surface area (Å²) in [5, 5.41) is 81.5. The van der Waals surface area contributed by atoms with Gasteiger partial charge < -0.3 is 69.7 Å². The monoisotopic (exact) mass is 775 g/mol. The molecule has 0 saturated carbocycles. The molecule has 10 unspecified atom stereocenters. The third kappa shape index (κ3) is 12.9. The van der Waals surface area contributed by atoms with Gasteiger partial charge in [0.25, 0.3) is 0 Å². The summed E-state index contributed by atoms with van der Waals surface area (Å²) in [5.74, 6) is -0.879. The molecular formula is C31H53N9O14. The van der Waals surface area contributed by atoms with Crippen molar-refractivity contribution in [2.75, 3.05) is 59.9 Å².